The molecule has 0 amide bonds. The smallest absolute Gasteiger partial charge is 0.351 e. The van der Waals surface area contributed by atoms with E-state index in [0.717, 1.165) is 12.1 Å². The Morgan fingerprint density at radius 3 is 2.30 bits per heavy atom. The largest absolute Gasteiger partial charge is 0.416 e. The maximum absolute atomic E-state index is 12.7. The zero-order valence-corrected chi connectivity index (χ0v) is 14.9. The van der Waals surface area contributed by atoms with Crippen LogP contribution in [0.2, 0.25) is 0 Å². The van der Waals surface area contributed by atoms with Crippen LogP contribution < -0.4 is 10.2 Å². The summed E-state index contributed by atoms with van der Waals surface area (Å²) in [5.41, 5.74) is -0.890. The highest BCUT2D eigenvalue weighted by molar-refractivity contribution is 6.27. The first kappa shape index (κ1) is 19.4. The number of halogens is 4. The maximum Gasteiger partial charge on any atom is 0.416 e. The Morgan fingerprint density at radius 2 is 1.70 bits per heavy atom. The van der Waals surface area contributed by atoms with Crippen molar-refractivity contribution >= 4 is 35.2 Å². The fraction of sp³-hybridized carbons (Fsp3) is 0.353. The maximum atomic E-state index is 12.7. The van der Waals surface area contributed by atoms with Crippen molar-refractivity contribution in [2.75, 3.05) is 36.4 Å². The lowest BCUT2D eigenvalue weighted by Gasteiger charge is -2.36. The van der Waals surface area contributed by atoms with Crippen molar-refractivity contribution in [3.05, 3.63) is 42.2 Å². The first-order valence-electron chi connectivity index (χ1n) is 8.22. The molecule has 1 aliphatic heterocycles. The van der Waals surface area contributed by atoms with Crippen LogP contribution in [0.25, 0.3) is 0 Å². The monoisotopic (exact) mass is 399 g/mol. The molecule has 0 unspecified atom stereocenters. The molecular formula is C17H17ClF3N5O. The van der Waals surface area contributed by atoms with E-state index in [0.29, 0.717) is 49.8 Å². The van der Waals surface area contributed by atoms with E-state index in [1.54, 1.807) is 6.20 Å². The number of alkyl halides is 4. The van der Waals surface area contributed by atoms with Crippen molar-refractivity contribution in [1.82, 2.24) is 14.9 Å². The predicted molar refractivity (Wildman–Crippen MR) is 96.2 cm³/mol. The molecule has 0 spiro atoms. The van der Waals surface area contributed by atoms with E-state index in [2.05, 4.69) is 15.3 Å². The number of rotatable bonds is 5. The molecule has 144 valence electrons. The molecule has 0 aliphatic carbocycles. The molecule has 1 aromatic carbocycles. The molecule has 1 N–H and O–H groups in total. The molecular weight excluding hydrogens is 383 g/mol. The minimum atomic E-state index is -4.38. The number of benzene rings is 1. The molecule has 27 heavy (non-hydrogen) atoms. The lowest BCUT2D eigenvalue weighted by molar-refractivity contribution is -0.137. The molecule has 10 heteroatoms. The van der Waals surface area contributed by atoms with Gasteiger partial charge in [0.05, 0.1) is 5.56 Å². The standard InChI is InChI=1S/C17H17ClF3N5O/c18-14(11-27)25-7-9-26(10-8-25)16-15(22-5-6-23-16)24-13-3-1-12(2-4-13)17(19,20)21/h1-6,11,14H,7-10H2,(H,22,24)/t14-/m1/s1. The van der Waals surface area contributed by atoms with Gasteiger partial charge in [0.2, 0.25) is 0 Å². The molecule has 3 rings (SSSR count). The minimum absolute atomic E-state index is 0.448. The Labute approximate surface area is 159 Å². The molecule has 6 nitrogen and oxygen atoms in total. The van der Waals surface area contributed by atoms with E-state index in [4.69, 9.17) is 11.6 Å². The molecule has 0 bridgehead atoms. The second kappa shape index (κ2) is 8.10. The zero-order chi connectivity index (χ0) is 19.4. The van der Waals surface area contributed by atoms with Crippen molar-refractivity contribution in [2.45, 2.75) is 11.7 Å². The summed E-state index contributed by atoms with van der Waals surface area (Å²) in [7, 11) is 0. The first-order chi connectivity index (χ1) is 12.9. The van der Waals surface area contributed by atoms with E-state index in [9.17, 15) is 18.0 Å². The molecule has 1 aromatic heterocycles. The van der Waals surface area contributed by atoms with Crippen LogP contribution in [-0.2, 0) is 11.0 Å². The SMILES string of the molecule is O=C[C@H](Cl)N1CCN(c2nccnc2Nc2ccc(C(F)(F)F)cc2)CC1. The van der Waals surface area contributed by atoms with Crippen molar-refractivity contribution < 1.29 is 18.0 Å². The van der Waals surface area contributed by atoms with E-state index < -0.39 is 17.2 Å². The van der Waals surface area contributed by atoms with E-state index >= 15 is 0 Å². The van der Waals surface area contributed by atoms with Crippen LogP contribution in [0.1, 0.15) is 5.56 Å². The number of piperazine rings is 1. The Bertz CT molecular complexity index is 779. The fourth-order valence-electron chi connectivity index (χ4n) is 2.80. The number of nitrogens with one attached hydrogen (secondary N) is 1. The Hall–Kier alpha value is -2.39. The number of aromatic nitrogens is 2. The highest BCUT2D eigenvalue weighted by Crippen LogP contribution is 2.31. The third-order valence-corrected chi connectivity index (χ3v) is 4.61. The van der Waals surface area contributed by atoms with Crippen LogP contribution in [0.4, 0.5) is 30.5 Å². The van der Waals surface area contributed by atoms with Gasteiger partial charge in [-0.15, -0.1) is 0 Å². The summed E-state index contributed by atoms with van der Waals surface area (Å²) >= 11 is 5.94. The van der Waals surface area contributed by atoms with Gasteiger partial charge in [-0.3, -0.25) is 4.90 Å². The second-order valence-corrected chi connectivity index (χ2v) is 6.41. The number of nitrogens with zero attached hydrogens (tertiary/aromatic N) is 4. The molecule has 0 saturated carbocycles. The number of aldehydes is 1. The molecule has 2 heterocycles. The van der Waals surface area contributed by atoms with Gasteiger partial charge in [-0.05, 0) is 24.3 Å². The Balaban J connectivity index is 1.72. The van der Waals surface area contributed by atoms with Crippen LogP contribution in [0.15, 0.2) is 36.7 Å². The lowest BCUT2D eigenvalue weighted by Crippen LogP contribution is -2.49. The molecule has 2 aromatic rings. The quantitative estimate of drug-likeness (QED) is 0.473. The van der Waals surface area contributed by atoms with E-state index in [-0.39, 0.29) is 0 Å². The van der Waals surface area contributed by atoms with E-state index in [1.165, 1.54) is 18.3 Å². The highest BCUT2D eigenvalue weighted by atomic mass is 35.5. The molecule has 1 fully saturated rings. The van der Waals surface area contributed by atoms with Gasteiger partial charge in [0.15, 0.2) is 17.9 Å². The van der Waals surface area contributed by atoms with Gasteiger partial charge in [0, 0.05) is 44.3 Å². The normalized spacial score (nSPS) is 16.8. The topological polar surface area (TPSA) is 61.4 Å². The van der Waals surface area contributed by atoms with Crippen LogP contribution in [0, 0.1) is 0 Å². The lowest BCUT2D eigenvalue weighted by atomic mass is 10.2. The number of anilines is 3. The third-order valence-electron chi connectivity index (χ3n) is 4.23. The van der Waals surface area contributed by atoms with Crippen LogP contribution in [0.5, 0.6) is 0 Å². The summed E-state index contributed by atoms with van der Waals surface area (Å²) in [6, 6.07) is 4.72. The van der Waals surface area contributed by atoms with Crippen molar-refractivity contribution in [2.24, 2.45) is 0 Å². The summed E-state index contributed by atoms with van der Waals surface area (Å²) in [4.78, 5) is 23.3. The van der Waals surface area contributed by atoms with Gasteiger partial charge in [-0.25, -0.2) is 9.97 Å². The Morgan fingerprint density at radius 1 is 1.07 bits per heavy atom. The van der Waals surface area contributed by atoms with Gasteiger partial charge >= 0.3 is 6.18 Å². The fourth-order valence-corrected chi connectivity index (χ4v) is 2.99. The van der Waals surface area contributed by atoms with E-state index in [1.807, 2.05) is 9.80 Å². The van der Waals surface area contributed by atoms with Gasteiger partial charge in [-0.2, -0.15) is 13.2 Å². The molecule has 1 saturated heterocycles. The first-order valence-corrected chi connectivity index (χ1v) is 8.66. The third kappa shape index (κ3) is 4.67. The van der Waals surface area contributed by atoms with Gasteiger partial charge in [0.25, 0.3) is 0 Å². The van der Waals surface area contributed by atoms with Gasteiger partial charge in [0.1, 0.15) is 5.50 Å². The van der Waals surface area contributed by atoms with Gasteiger partial charge < -0.3 is 15.0 Å². The number of carbonyl (C=O) groups excluding carboxylic acids is 1. The summed E-state index contributed by atoms with van der Waals surface area (Å²) in [5, 5.41) is 3.02. The minimum Gasteiger partial charge on any atom is -0.351 e. The molecule has 1 aliphatic rings. The van der Waals surface area contributed by atoms with Crippen LogP contribution >= 0.6 is 11.6 Å². The highest BCUT2D eigenvalue weighted by Gasteiger charge is 2.30. The second-order valence-electron chi connectivity index (χ2n) is 5.96. The van der Waals surface area contributed by atoms with Gasteiger partial charge in [-0.1, -0.05) is 11.6 Å². The summed E-state index contributed by atoms with van der Waals surface area (Å²) in [6.07, 6.45) is -0.627. The number of carbonyl (C=O) groups is 1. The zero-order valence-electron chi connectivity index (χ0n) is 14.2. The summed E-state index contributed by atoms with van der Waals surface area (Å²) in [5.74, 6) is 1.04. The van der Waals surface area contributed by atoms with Crippen LogP contribution in [0.3, 0.4) is 0 Å². The molecule has 0 radical (unpaired) electrons. The Kier molecular flexibility index (Phi) is 5.81. The summed E-state index contributed by atoms with van der Waals surface area (Å²) in [6.45, 7) is 2.36. The van der Waals surface area contributed by atoms with Crippen molar-refractivity contribution in [1.29, 1.82) is 0 Å². The number of hydrogen-bond donors (Lipinski definition) is 1. The average Bonchev–Trinajstić information content (AvgIpc) is 2.68. The molecule has 1 atom stereocenters. The average molecular weight is 400 g/mol. The predicted octanol–water partition coefficient (Wildman–Crippen LogP) is 3.12. The number of hydrogen-bond acceptors (Lipinski definition) is 6. The van der Waals surface area contributed by atoms with Crippen LogP contribution in [-0.4, -0.2) is 52.8 Å². The summed E-state index contributed by atoms with van der Waals surface area (Å²) < 4.78 is 38.0. The van der Waals surface area contributed by atoms with Crippen molar-refractivity contribution in [3.63, 3.8) is 0 Å². The van der Waals surface area contributed by atoms with Crippen molar-refractivity contribution in [3.8, 4) is 0 Å².